The van der Waals surface area contributed by atoms with Crippen molar-refractivity contribution in [1.29, 1.82) is 0 Å². The number of ether oxygens (including phenoxy) is 1. The van der Waals surface area contributed by atoms with E-state index in [9.17, 15) is 4.79 Å². The Morgan fingerprint density at radius 1 is 1.46 bits per heavy atom. The van der Waals surface area contributed by atoms with E-state index >= 15 is 0 Å². The third-order valence-corrected chi connectivity index (χ3v) is 1.67. The standard InChI is InChI=1S/C10H12O3/c1-8(13-10(11)12)7-9-5-3-2-4-6-9/h2-6,8H,7H2,1H3,(H,11,12). The molecule has 1 aromatic carbocycles. The summed E-state index contributed by atoms with van der Waals surface area (Å²) in [7, 11) is 0. The topological polar surface area (TPSA) is 46.5 Å². The van der Waals surface area contributed by atoms with Crippen molar-refractivity contribution >= 4 is 6.16 Å². The van der Waals surface area contributed by atoms with Gasteiger partial charge in [0.1, 0.15) is 6.10 Å². The zero-order valence-electron chi connectivity index (χ0n) is 7.43. The third kappa shape index (κ3) is 3.60. The minimum atomic E-state index is -1.22. The number of hydrogen-bond acceptors (Lipinski definition) is 2. The molecule has 0 saturated heterocycles. The van der Waals surface area contributed by atoms with Crippen LogP contribution in [0, 0.1) is 0 Å². The summed E-state index contributed by atoms with van der Waals surface area (Å²) in [5.74, 6) is 0. The van der Waals surface area contributed by atoms with Gasteiger partial charge in [0.25, 0.3) is 0 Å². The van der Waals surface area contributed by atoms with Crippen molar-refractivity contribution in [2.75, 3.05) is 0 Å². The predicted octanol–water partition coefficient (Wildman–Crippen LogP) is 2.31. The highest BCUT2D eigenvalue weighted by Crippen LogP contribution is 2.05. The van der Waals surface area contributed by atoms with Crippen molar-refractivity contribution in [2.24, 2.45) is 0 Å². The fourth-order valence-electron chi connectivity index (χ4n) is 1.16. The van der Waals surface area contributed by atoms with E-state index in [0.717, 1.165) is 5.56 Å². The molecular weight excluding hydrogens is 168 g/mol. The SMILES string of the molecule is CC(Cc1ccccc1)OC(=O)O. The molecule has 13 heavy (non-hydrogen) atoms. The first kappa shape index (κ1) is 9.58. The van der Waals surface area contributed by atoms with E-state index < -0.39 is 6.16 Å². The number of hydrogen-bond donors (Lipinski definition) is 1. The maximum atomic E-state index is 10.2. The molecule has 0 aromatic heterocycles. The molecular formula is C10H12O3. The molecule has 0 aliphatic rings. The summed E-state index contributed by atoms with van der Waals surface area (Å²) in [6.45, 7) is 1.74. The lowest BCUT2D eigenvalue weighted by Crippen LogP contribution is -2.15. The van der Waals surface area contributed by atoms with E-state index in [2.05, 4.69) is 4.74 Å². The molecule has 3 heteroatoms. The second kappa shape index (κ2) is 4.50. The summed E-state index contributed by atoms with van der Waals surface area (Å²) in [4.78, 5) is 10.2. The van der Waals surface area contributed by atoms with Crippen molar-refractivity contribution < 1.29 is 14.6 Å². The van der Waals surface area contributed by atoms with Gasteiger partial charge in [-0.05, 0) is 12.5 Å². The molecule has 1 atom stereocenters. The van der Waals surface area contributed by atoms with E-state index in [0.29, 0.717) is 6.42 Å². The second-order valence-corrected chi connectivity index (χ2v) is 2.88. The Hall–Kier alpha value is -1.51. The Balaban J connectivity index is 2.45. The molecule has 0 heterocycles. The molecule has 0 fully saturated rings. The molecule has 1 N–H and O–H groups in total. The van der Waals surface area contributed by atoms with E-state index in [1.54, 1.807) is 6.92 Å². The predicted molar refractivity (Wildman–Crippen MR) is 48.7 cm³/mol. The van der Waals surface area contributed by atoms with E-state index in [1.807, 2.05) is 30.3 Å². The lowest BCUT2D eigenvalue weighted by molar-refractivity contribution is 0.0593. The average Bonchev–Trinajstić information content (AvgIpc) is 2.04. The van der Waals surface area contributed by atoms with Crippen LogP contribution >= 0.6 is 0 Å². The van der Waals surface area contributed by atoms with Gasteiger partial charge in [-0.1, -0.05) is 30.3 Å². The lowest BCUT2D eigenvalue weighted by Gasteiger charge is -2.09. The van der Waals surface area contributed by atoms with Gasteiger partial charge in [0.05, 0.1) is 0 Å². The van der Waals surface area contributed by atoms with Gasteiger partial charge in [0, 0.05) is 6.42 Å². The van der Waals surface area contributed by atoms with Crippen LogP contribution in [0.5, 0.6) is 0 Å². The number of benzene rings is 1. The maximum absolute atomic E-state index is 10.2. The average molecular weight is 180 g/mol. The quantitative estimate of drug-likeness (QED) is 0.726. The second-order valence-electron chi connectivity index (χ2n) is 2.88. The Morgan fingerprint density at radius 2 is 2.08 bits per heavy atom. The van der Waals surface area contributed by atoms with E-state index in [1.165, 1.54) is 0 Å². The van der Waals surface area contributed by atoms with Gasteiger partial charge in [0.2, 0.25) is 0 Å². The van der Waals surface area contributed by atoms with Crippen LogP contribution in [0.4, 0.5) is 4.79 Å². The van der Waals surface area contributed by atoms with Crippen LogP contribution in [0.3, 0.4) is 0 Å². The third-order valence-electron chi connectivity index (χ3n) is 1.67. The van der Waals surface area contributed by atoms with Crippen LogP contribution in [0.1, 0.15) is 12.5 Å². The molecule has 0 bridgehead atoms. The van der Waals surface area contributed by atoms with Crippen LogP contribution < -0.4 is 0 Å². The fourth-order valence-corrected chi connectivity index (χ4v) is 1.16. The van der Waals surface area contributed by atoms with Crippen LogP contribution in [-0.2, 0) is 11.2 Å². The highest BCUT2D eigenvalue weighted by atomic mass is 16.7. The van der Waals surface area contributed by atoms with Crippen LogP contribution in [0.2, 0.25) is 0 Å². The Labute approximate surface area is 77.0 Å². The summed E-state index contributed by atoms with van der Waals surface area (Å²) in [6.07, 6.45) is -0.893. The largest absolute Gasteiger partial charge is 0.506 e. The van der Waals surface area contributed by atoms with Crippen molar-refractivity contribution in [1.82, 2.24) is 0 Å². The lowest BCUT2D eigenvalue weighted by atomic mass is 10.1. The minimum absolute atomic E-state index is 0.292. The van der Waals surface area contributed by atoms with Gasteiger partial charge in [-0.2, -0.15) is 0 Å². The van der Waals surface area contributed by atoms with Crippen molar-refractivity contribution in [3.8, 4) is 0 Å². The normalized spacial score (nSPS) is 12.1. The molecule has 1 rings (SSSR count). The summed E-state index contributed by atoms with van der Waals surface area (Å²) in [5, 5.41) is 8.34. The number of rotatable bonds is 3. The fraction of sp³-hybridized carbons (Fsp3) is 0.300. The van der Waals surface area contributed by atoms with Gasteiger partial charge < -0.3 is 9.84 Å². The molecule has 1 aromatic rings. The van der Waals surface area contributed by atoms with Crippen LogP contribution in [-0.4, -0.2) is 17.4 Å². The van der Waals surface area contributed by atoms with Gasteiger partial charge in [-0.25, -0.2) is 4.79 Å². The summed E-state index contributed by atoms with van der Waals surface area (Å²) in [6, 6.07) is 9.65. The minimum Gasteiger partial charge on any atom is -0.450 e. The summed E-state index contributed by atoms with van der Waals surface area (Å²) < 4.78 is 4.57. The van der Waals surface area contributed by atoms with Crippen molar-refractivity contribution in [2.45, 2.75) is 19.4 Å². The molecule has 0 amide bonds. The Bertz CT molecular complexity index is 269. The van der Waals surface area contributed by atoms with Crippen molar-refractivity contribution in [3.05, 3.63) is 35.9 Å². The van der Waals surface area contributed by atoms with Crippen LogP contribution in [0.25, 0.3) is 0 Å². The van der Waals surface area contributed by atoms with Gasteiger partial charge >= 0.3 is 6.16 Å². The molecule has 1 unspecified atom stereocenters. The van der Waals surface area contributed by atoms with Gasteiger partial charge in [0.15, 0.2) is 0 Å². The van der Waals surface area contributed by atoms with E-state index in [4.69, 9.17) is 5.11 Å². The first-order valence-corrected chi connectivity index (χ1v) is 4.12. The zero-order chi connectivity index (χ0) is 9.68. The van der Waals surface area contributed by atoms with Gasteiger partial charge in [-0.3, -0.25) is 0 Å². The smallest absolute Gasteiger partial charge is 0.450 e. The first-order chi connectivity index (χ1) is 6.18. The Kier molecular flexibility index (Phi) is 3.31. The molecule has 0 spiro atoms. The highest BCUT2D eigenvalue weighted by molar-refractivity contribution is 5.57. The molecule has 0 aliphatic carbocycles. The number of carbonyl (C=O) groups is 1. The monoisotopic (exact) mass is 180 g/mol. The number of carboxylic acid groups (broad SMARTS) is 1. The summed E-state index contributed by atoms with van der Waals surface area (Å²) in [5.41, 5.74) is 1.08. The first-order valence-electron chi connectivity index (χ1n) is 4.12. The van der Waals surface area contributed by atoms with Gasteiger partial charge in [-0.15, -0.1) is 0 Å². The van der Waals surface area contributed by atoms with Crippen molar-refractivity contribution in [3.63, 3.8) is 0 Å². The maximum Gasteiger partial charge on any atom is 0.506 e. The molecule has 0 aliphatic heterocycles. The Morgan fingerprint density at radius 3 is 2.62 bits per heavy atom. The molecule has 3 nitrogen and oxygen atoms in total. The molecule has 0 radical (unpaired) electrons. The summed E-state index contributed by atoms with van der Waals surface area (Å²) >= 11 is 0. The van der Waals surface area contributed by atoms with E-state index in [-0.39, 0.29) is 6.10 Å². The zero-order valence-corrected chi connectivity index (χ0v) is 7.43. The van der Waals surface area contributed by atoms with Crippen LogP contribution in [0.15, 0.2) is 30.3 Å². The molecule has 0 saturated carbocycles. The molecule has 70 valence electrons. The highest BCUT2D eigenvalue weighted by Gasteiger charge is 2.07.